The quantitative estimate of drug-likeness (QED) is 0.945. The highest BCUT2D eigenvalue weighted by atomic mass is 35.5. The van der Waals surface area contributed by atoms with Gasteiger partial charge in [-0.25, -0.2) is 9.97 Å². The van der Waals surface area contributed by atoms with Crippen LogP contribution in [0.3, 0.4) is 0 Å². The molecule has 21 heavy (non-hydrogen) atoms. The minimum absolute atomic E-state index is 0.212. The van der Waals surface area contributed by atoms with Gasteiger partial charge >= 0.3 is 0 Å². The van der Waals surface area contributed by atoms with E-state index in [9.17, 15) is 4.79 Å². The predicted octanol–water partition coefficient (Wildman–Crippen LogP) is 2.38. The number of hydrogen-bond donors (Lipinski definition) is 1. The van der Waals surface area contributed by atoms with Crippen molar-refractivity contribution in [3.63, 3.8) is 0 Å². The van der Waals surface area contributed by atoms with E-state index in [4.69, 9.17) is 17.3 Å². The van der Waals surface area contributed by atoms with E-state index in [0.29, 0.717) is 17.4 Å². The molecular weight excluding hydrogens is 288 g/mol. The second-order valence-electron chi connectivity index (χ2n) is 5.46. The van der Waals surface area contributed by atoms with Crippen LogP contribution in [0.5, 0.6) is 0 Å². The van der Waals surface area contributed by atoms with Crippen molar-refractivity contribution in [1.29, 1.82) is 0 Å². The summed E-state index contributed by atoms with van der Waals surface area (Å²) in [7, 11) is 0. The van der Waals surface area contributed by atoms with Gasteiger partial charge in [0, 0.05) is 29.9 Å². The fourth-order valence-electron chi connectivity index (χ4n) is 2.90. The second-order valence-corrected chi connectivity index (χ2v) is 5.90. The standard InChI is InChI=1S/C15H17ClN4O/c16-11-1-2-12-13(8-11)18-9-19-15(12)20-5-3-10(4-6-20)7-14(17)21/h1-2,8-10H,3-7H2,(H2,17,21). The van der Waals surface area contributed by atoms with Gasteiger partial charge in [0.1, 0.15) is 12.1 Å². The van der Waals surface area contributed by atoms with Gasteiger partial charge in [0.15, 0.2) is 0 Å². The summed E-state index contributed by atoms with van der Waals surface area (Å²) in [5.41, 5.74) is 6.13. The van der Waals surface area contributed by atoms with Crippen LogP contribution in [-0.4, -0.2) is 29.0 Å². The number of anilines is 1. The molecule has 0 bridgehead atoms. The van der Waals surface area contributed by atoms with Crippen molar-refractivity contribution in [2.45, 2.75) is 19.3 Å². The van der Waals surface area contributed by atoms with Crippen molar-refractivity contribution in [3.05, 3.63) is 29.5 Å². The largest absolute Gasteiger partial charge is 0.370 e. The lowest BCUT2D eigenvalue weighted by Crippen LogP contribution is -2.35. The summed E-state index contributed by atoms with van der Waals surface area (Å²) in [6, 6.07) is 5.67. The van der Waals surface area contributed by atoms with Gasteiger partial charge in [0.05, 0.1) is 5.52 Å². The number of fused-ring (bicyclic) bond motifs is 1. The molecule has 0 aliphatic carbocycles. The highest BCUT2D eigenvalue weighted by Crippen LogP contribution is 2.29. The molecular formula is C15H17ClN4O. The lowest BCUT2D eigenvalue weighted by Gasteiger charge is -2.32. The van der Waals surface area contributed by atoms with E-state index in [2.05, 4.69) is 14.9 Å². The first-order valence-electron chi connectivity index (χ1n) is 7.07. The van der Waals surface area contributed by atoms with Crippen LogP contribution in [0.25, 0.3) is 10.9 Å². The number of hydrogen-bond acceptors (Lipinski definition) is 4. The third kappa shape index (κ3) is 3.08. The van der Waals surface area contributed by atoms with Gasteiger partial charge in [0.25, 0.3) is 0 Å². The number of rotatable bonds is 3. The van der Waals surface area contributed by atoms with Gasteiger partial charge in [-0.3, -0.25) is 4.79 Å². The molecule has 6 heteroatoms. The zero-order valence-electron chi connectivity index (χ0n) is 11.6. The Kier molecular flexibility index (Phi) is 3.92. The maximum atomic E-state index is 11.0. The Balaban J connectivity index is 1.81. The fraction of sp³-hybridized carbons (Fsp3) is 0.400. The summed E-state index contributed by atoms with van der Waals surface area (Å²) in [5.74, 6) is 1.12. The SMILES string of the molecule is NC(=O)CC1CCN(c2ncnc3cc(Cl)ccc23)CC1. The first-order valence-corrected chi connectivity index (χ1v) is 7.45. The molecule has 5 nitrogen and oxygen atoms in total. The number of amides is 1. The van der Waals surface area contributed by atoms with Gasteiger partial charge in [-0.1, -0.05) is 11.6 Å². The Morgan fingerprint density at radius 1 is 1.33 bits per heavy atom. The molecule has 1 amide bonds. The zero-order valence-corrected chi connectivity index (χ0v) is 12.4. The Bertz CT molecular complexity index is 668. The van der Waals surface area contributed by atoms with E-state index in [0.717, 1.165) is 42.7 Å². The normalized spacial score (nSPS) is 16.3. The minimum Gasteiger partial charge on any atom is -0.370 e. The molecule has 1 aromatic carbocycles. The molecule has 1 aliphatic rings. The van der Waals surface area contributed by atoms with Crippen LogP contribution in [0.1, 0.15) is 19.3 Å². The average Bonchev–Trinajstić information content (AvgIpc) is 2.46. The summed E-state index contributed by atoms with van der Waals surface area (Å²) in [5, 5.41) is 1.68. The number of benzene rings is 1. The topological polar surface area (TPSA) is 72.1 Å². The third-order valence-electron chi connectivity index (χ3n) is 3.98. The van der Waals surface area contributed by atoms with E-state index in [1.165, 1.54) is 0 Å². The van der Waals surface area contributed by atoms with Gasteiger partial charge in [-0.05, 0) is 37.0 Å². The fourth-order valence-corrected chi connectivity index (χ4v) is 3.07. The van der Waals surface area contributed by atoms with Crippen LogP contribution >= 0.6 is 11.6 Å². The Hall–Kier alpha value is -1.88. The highest BCUT2D eigenvalue weighted by Gasteiger charge is 2.22. The molecule has 3 rings (SSSR count). The molecule has 110 valence electrons. The van der Waals surface area contributed by atoms with E-state index >= 15 is 0 Å². The molecule has 0 spiro atoms. The maximum absolute atomic E-state index is 11.0. The van der Waals surface area contributed by atoms with Crippen LogP contribution in [0.4, 0.5) is 5.82 Å². The molecule has 1 aliphatic heterocycles. The van der Waals surface area contributed by atoms with Crippen LogP contribution in [0.2, 0.25) is 5.02 Å². The zero-order chi connectivity index (χ0) is 14.8. The smallest absolute Gasteiger partial charge is 0.217 e. The van der Waals surface area contributed by atoms with Crippen molar-refractivity contribution in [2.75, 3.05) is 18.0 Å². The Morgan fingerprint density at radius 2 is 2.10 bits per heavy atom. The summed E-state index contributed by atoms with van der Waals surface area (Å²) in [4.78, 5) is 21.9. The Labute approximate surface area is 128 Å². The molecule has 2 aromatic rings. The molecule has 1 aromatic heterocycles. The molecule has 0 unspecified atom stereocenters. The molecule has 2 heterocycles. The van der Waals surface area contributed by atoms with Crippen molar-refractivity contribution >= 4 is 34.2 Å². The van der Waals surface area contributed by atoms with Gasteiger partial charge in [-0.15, -0.1) is 0 Å². The highest BCUT2D eigenvalue weighted by molar-refractivity contribution is 6.31. The summed E-state index contributed by atoms with van der Waals surface area (Å²) >= 11 is 6.01. The second kappa shape index (κ2) is 5.85. The number of halogens is 1. The predicted molar refractivity (Wildman–Crippen MR) is 83.3 cm³/mol. The van der Waals surface area contributed by atoms with Gasteiger partial charge < -0.3 is 10.6 Å². The van der Waals surface area contributed by atoms with Gasteiger partial charge in [0.2, 0.25) is 5.91 Å². The number of aromatic nitrogens is 2. The monoisotopic (exact) mass is 304 g/mol. The van der Waals surface area contributed by atoms with E-state index in [-0.39, 0.29) is 5.91 Å². The lowest BCUT2D eigenvalue weighted by molar-refractivity contribution is -0.119. The average molecular weight is 305 g/mol. The summed E-state index contributed by atoms with van der Waals surface area (Å²) in [6.07, 6.45) is 3.97. The Morgan fingerprint density at radius 3 is 2.81 bits per heavy atom. The number of carbonyl (C=O) groups is 1. The molecule has 0 atom stereocenters. The van der Waals surface area contributed by atoms with E-state index < -0.39 is 0 Å². The van der Waals surface area contributed by atoms with Crippen molar-refractivity contribution in [2.24, 2.45) is 11.7 Å². The first-order chi connectivity index (χ1) is 10.1. The summed E-state index contributed by atoms with van der Waals surface area (Å²) in [6.45, 7) is 1.76. The van der Waals surface area contributed by atoms with E-state index in [1.54, 1.807) is 6.33 Å². The first kappa shape index (κ1) is 14.1. The number of primary amides is 1. The van der Waals surface area contributed by atoms with Gasteiger partial charge in [-0.2, -0.15) is 0 Å². The molecule has 1 fully saturated rings. The number of nitrogens with two attached hydrogens (primary N) is 1. The maximum Gasteiger partial charge on any atom is 0.217 e. The van der Waals surface area contributed by atoms with Crippen molar-refractivity contribution in [3.8, 4) is 0 Å². The molecule has 0 saturated carbocycles. The number of piperidine rings is 1. The van der Waals surface area contributed by atoms with Crippen molar-refractivity contribution < 1.29 is 4.79 Å². The van der Waals surface area contributed by atoms with Crippen LogP contribution in [0.15, 0.2) is 24.5 Å². The van der Waals surface area contributed by atoms with Crippen molar-refractivity contribution in [1.82, 2.24) is 9.97 Å². The van der Waals surface area contributed by atoms with Crippen LogP contribution in [-0.2, 0) is 4.79 Å². The lowest BCUT2D eigenvalue weighted by atomic mass is 9.93. The molecule has 2 N–H and O–H groups in total. The van der Waals surface area contributed by atoms with Crippen LogP contribution in [0, 0.1) is 5.92 Å². The molecule has 1 saturated heterocycles. The van der Waals surface area contributed by atoms with Crippen LogP contribution < -0.4 is 10.6 Å². The molecule has 0 radical (unpaired) electrons. The summed E-state index contributed by atoms with van der Waals surface area (Å²) < 4.78 is 0. The van der Waals surface area contributed by atoms with E-state index in [1.807, 2.05) is 18.2 Å². The third-order valence-corrected chi connectivity index (χ3v) is 4.22. The number of carbonyl (C=O) groups excluding carboxylic acids is 1. The minimum atomic E-state index is -0.212. The number of nitrogens with zero attached hydrogens (tertiary/aromatic N) is 3.